The summed E-state index contributed by atoms with van der Waals surface area (Å²) in [6, 6.07) is 19.0. The zero-order chi connectivity index (χ0) is 19.9. The Morgan fingerprint density at radius 3 is 2.18 bits per heavy atom. The van der Waals surface area contributed by atoms with E-state index in [1.165, 1.54) is 0 Å². The van der Waals surface area contributed by atoms with Crippen LogP contribution in [0.3, 0.4) is 0 Å². The van der Waals surface area contributed by atoms with Crippen LogP contribution < -0.4 is 0 Å². The summed E-state index contributed by atoms with van der Waals surface area (Å²) in [5.74, 6) is 0.886. The highest BCUT2D eigenvalue weighted by atomic mass is 32.2. The Labute approximate surface area is 165 Å². The summed E-state index contributed by atoms with van der Waals surface area (Å²) in [7, 11) is -3.76. The molecule has 0 saturated carbocycles. The molecular formula is C23H22O4S. The van der Waals surface area contributed by atoms with Crippen molar-refractivity contribution in [1.82, 2.24) is 0 Å². The molecule has 0 fully saturated rings. The van der Waals surface area contributed by atoms with Crippen LogP contribution in [0, 0.1) is 5.41 Å². The average Bonchev–Trinajstić information content (AvgIpc) is 3.05. The van der Waals surface area contributed by atoms with Gasteiger partial charge >= 0.3 is 0 Å². The molecule has 0 spiro atoms. The van der Waals surface area contributed by atoms with Gasteiger partial charge in [0.05, 0.1) is 10.5 Å². The van der Waals surface area contributed by atoms with Gasteiger partial charge < -0.3 is 4.42 Å². The minimum atomic E-state index is -3.76. The molecule has 0 N–H and O–H groups in total. The Morgan fingerprint density at radius 2 is 1.54 bits per heavy atom. The fraction of sp³-hybridized carbons (Fsp3) is 0.261. The molecule has 4 nitrogen and oxygen atoms in total. The quantitative estimate of drug-likeness (QED) is 0.625. The highest BCUT2D eigenvalue weighted by Gasteiger charge is 2.38. The van der Waals surface area contributed by atoms with Crippen molar-refractivity contribution in [3.8, 4) is 0 Å². The largest absolute Gasteiger partial charge is 0.464 e. The highest BCUT2D eigenvalue weighted by Crippen LogP contribution is 2.41. The van der Waals surface area contributed by atoms with Crippen LogP contribution in [0.5, 0.6) is 0 Å². The second-order valence-electron chi connectivity index (χ2n) is 8.08. The molecule has 0 amide bonds. The lowest BCUT2D eigenvalue weighted by molar-refractivity contribution is 0.0903. The molecule has 1 aromatic heterocycles. The number of furan rings is 1. The van der Waals surface area contributed by atoms with Gasteiger partial charge in [0.25, 0.3) is 0 Å². The molecule has 0 saturated heterocycles. The van der Waals surface area contributed by atoms with Crippen LogP contribution in [0.15, 0.2) is 76.0 Å². The molecule has 0 radical (unpaired) electrons. The third-order valence-corrected chi connectivity index (χ3v) is 7.20. The lowest BCUT2D eigenvalue weighted by atomic mass is 9.77. The Bertz CT molecular complexity index is 1110. The monoisotopic (exact) mass is 394 g/mol. The minimum absolute atomic E-state index is 0.00479. The average molecular weight is 394 g/mol. The first kappa shape index (κ1) is 18.7. The minimum Gasteiger partial charge on any atom is -0.464 e. The van der Waals surface area contributed by atoms with Crippen molar-refractivity contribution in [1.29, 1.82) is 0 Å². The van der Waals surface area contributed by atoms with E-state index in [9.17, 15) is 13.2 Å². The number of sulfone groups is 1. The Morgan fingerprint density at radius 1 is 0.929 bits per heavy atom. The molecule has 144 valence electrons. The molecule has 1 heterocycles. The van der Waals surface area contributed by atoms with E-state index in [2.05, 4.69) is 0 Å². The maximum Gasteiger partial charge on any atom is 0.192 e. The van der Waals surface area contributed by atoms with E-state index in [0.29, 0.717) is 35.5 Å². The zero-order valence-electron chi connectivity index (χ0n) is 15.9. The summed E-state index contributed by atoms with van der Waals surface area (Å²) in [6.07, 6.45) is 1.04. The molecular weight excluding hydrogens is 372 g/mol. The number of hydrogen-bond donors (Lipinski definition) is 0. The summed E-state index contributed by atoms with van der Waals surface area (Å²) >= 11 is 0. The first-order valence-electron chi connectivity index (χ1n) is 9.28. The van der Waals surface area contributed by atoms with E-state index >= 15 is 0 Å². The molecule has 0 bridgehead atoms. The van der Waals surface area contributed by atoms with Crippen molar-refractivity contribution in [2.24, 2.45) is 5.41 Å². The number of benzene rings is 2. The number of fused-ring (bicyclic) bond motifs is 1. The van der Waals surface area contributed by atoms with Gasteiger partial charge in [-0.05, 0) is 29.2 Å². The Hall–Kier alpha value is -2.66. The van der Waals surface area contributed by atoms with Crippen LogP contribution in [-0.4, -0.2) is 14.2 Å². The molecule has 5 heteroatoms. The van der Waals surface area contributed by atoms with Gasteiger partial charge in [-0.15, -0.1) is 0 Å². The molecule has 1 atom stereocenters. The van der Waals surface area contributed by atoms with Crippen molar-refractivity contribution in [2.45, 2.75) is 36.8 Å². The standard InChI is InChI=1S/C23H22O4S/c1-23(2)14-19(24)18-13-20(27-21(18)15-23)22(16-9-5-3-6-10-16)28(25,26)17-11-7-4-8-12-17/h3-13,22H,14-15H2,1-2H3. The van der Waals surface area contributed by atoms with Gasteiger partial charge in [-0.1, -0.05) is 62.4 Å². The van der Waals surface area contributed by atoms with E-state index < -0.39 is 15.1 Å². The Balaban J connectivity index is 1.88. The predicted octanol–water partition coefficient (Wildman–Crippen LogP) is 5.00. The Kier molecular flexibility index (Phi) is 4.50. The van der Waals surface area contributed by atoms with Crippen LogP contribution in [0.2, 0.25) is 0 Å². The number of rotatable bonds is 4. The van der Waals surface area contributed by atoms with Crippen LogP contribution in [0.25, 0.3) is 0 Å². The third-order valence-electron chi connectivity index (χ3n) is 5.15. The van der Waals surface area contributed by atoms with Crippen LogP contribution >= 0.6 is 0 Å². The van der Waals surface area contributed by atoms with E-state index in [4.69, 9.17) is 4.42 Å². The topological polar surface area (TPSA) is 64.3 Å². The van der Waals surface area contributed by atoms with Crippen LogP contribution in [-0.2, 0) is 16.3 Å². The van der Waals surface area contributed by atoms with Crippen molar-refractivity contribution < 1.29 is 17.6 Å². The van der Waals surface area contributed by atoms with Gasteiger partial charge in [-0.25, -0.2) is 8.42 Å². The maximum atomic E-state index is 13.5. The SMILES string of the molecule is CC1(C)CC(=O)c2cc(C(c3ccccc3)S(=O)(=O)c3ccccc3)oc2C1. The summed E-state index contributed by atoms with van der Waals surface area (Å²) in [5, 5.41) is -1.00. The van der Waals surface area contributed by atoms with Gasteiger partial charge in [-0.3, -0.25) is 4.79 Å². The van der Waals surface area contributed by atoms with Crippen molar-refractivity contribution in [3.63, 3.8) is 0 Å². The maximum absolute atomic E-state index is 13.5. The fourth-order valence-corrected chi connectivity index (χ4v) is 5.59. The lowest BCUT2D eigenvalue weighted by Crippen LogP contribution is -2.25. The number of hydrogen-bond acceptors (Lipinski definition) is 4. The fourth-order valence-electron chi connectivity index (χ4n) is 3.84. The van der Waals surface area contributed by atoms with E-state index in [0.717, 1.165) is 0 Å². The second kappa shape index (κ2) is 6.74. The molecule has 2 aromatic carbocycles. The summed E-state index contributed by atoms with van der Waals surface area (Å²) in [5.41, 5.74) is 0.933. The number of carbonyl (C=O) groups is 1. The van der Waals surface area contributed by atoms with Gasteiger partial charge in [0, 0.05) is 12.8 Å². The summed E-state index contributed by atoms with van der Waals surface area (Å²) < 4.78 is 33.1. The van der Waals surface area contributed by atoms with Crippen LogP contribution in [0.1, 0.15) is 53.0 Å². The molecule has 28 heavy (non-hydrogen) atoms. The zero-order valence-corrected chi connectivity index (χ0v) is 16.7. The van der Waals surface area contributed by atoms with Gasteiger partial charge in [-0.2, -0.15) is 0 Å². The van der Waals surface area contributed by atoms with Crippen molar-refractivity contribution >= 4 is 15.6 Å². The molecule has 0 aliphatic heterocycles. The number of Topliss-reactive ketones (excluding diaryl/α,β-unsaturated/α-hetero) is 1. The molecule has 3 aromatic rings. The molecule has 1 aliphatic rings. The first-order valence-corrected chi connectivity index (χ1v) is 10.8. The highest BCUT2D eigenvalue weighted by molar-refractivity contribution is 7.91. The number of carbonyl (C=O) groups excluding carboxylic acids is 1. The van der Waals surface area contributed by atoms with E-state index in [1.807, 2.05) is 19.9 Å². The molecule has 4 rings (SSSR count). The van der Waals surface area contributed by atoms with Gasteiger partial charge in [0.2, 0.25) is 0 Å². The van der Waals surface area contributed by atoms with Gasteiger partial charge in [0.15, 0.2) is 15.6 Å². The van der Waals surface area contributed by atoms with Gasteiger partial charge in [0.1, 0.15) is 16.8 Å². The molecule has 1 unspecified atom stereocenters. The number of ketones is 1. The second-order valence-corrected chi connectivity index (χ2v) is 10.1. The smallest absolute Gasteiger partial charge is 0.192 e. The third kappa shape index (κ3) is 3.31. The summed E-state index contributed by atoms with van der Waals surface area (Å²) in [6.45, 7) is 4.04. The lowest BCUT2D eigenvalue weighted by Gasteiger charge is -2.26. The van der Waals surface area contributed by atoms with Crippen molar-refractivity contribution in [3.05, 3.63) is 89.4 Å². The summed E-state index contributed by atoms with van der Waals surface area (Å²) in [4.78, 5) is 12.8. The normalized spacial score (nSPS) is 17.1. The molecule has 1 aliphatic carbocycles. The predicted molar refractivity (Wildman–Crippen MR) is 107 cm³/mol. The first-order chi connectivity index (χ1) is 13.3. The van der Waals surface area contributed by atoms with Crippen molar-refractivity contribution in [2.75, 3.05) is 0 Å². The van der Waals surface area contributed by atoms with Crippen LogP contribution in [0.4, 0.5) is 0 Å². The van der Waals surface area contributed by atoms with E-state index in [-0.39, 0.29) is 16.1 Å². The van der Waals surface area contributed by atoms with E-state index in [1.54, 1.807) is 60.7 Å².